The van der Waals surface area contributed by atoms with E-state index >= 15 is 0 Å². The topological polar surface area (TPSA) is 96.8 Å². The molecule has 1 aromatic carbocycles. The molecule has 22 heavy (non-hydrogen) atoms. The summed E-state index contributed by atoms with van der Waals surface area (Å²) in [5.74, 6) is -1.03. The summed E-state index contributed by atoms with van der Waals surface area (Å²) in [6.45, 7) is 0. The van der Waals surface area contributed by atoms with Crippen LogP contribution in [0.15, 0.2) is 36.5 Å². The largest absolute Gasteiger partial charge is 0.478 e. The average Bonchev–Trinajstić information content (AvgIpc) is 2.85. The molecule has 0 amide bonds. The summed E-state index contributed by atoms with van der Waals surface area (Å²) in [4.78, 5) is 17.4. The number of rotatable bonds is 3. The van der Waals surface area contributed by atoms with E-state index < -0.39 is 5.97 Å². The Morgan fingerprint density at radius 3 is 2.73 bits per heavy atom. The van der Waals surface area contributed by atoms with Gasteiger partial charge in [0, 0.05) is 37.1 Å². The normalized spacial score (nSPS) is 10.8. The van der Waals surface area contributed by atoms with E-state index in [4.69, 9.17) is 5.73 Å². The standard InChI is InChI=1S/C15H15N5O2/c1-19(2)12-6-4-3-5-10(12)9-7-11(14(21)22)13-17-15(16)18-20(13)8-9/h3-8H,1-2H3,(H2,16,18)(H,21,22). The van der Waals surface area contributed by atoms with Gasteiger partial charge in [-0.15, -0.1) is 5.10 Å². The summed E-state index contributed by atoms with van der Waals surface area (Å²) < 4.78 is 1.40. The van der Waals surface area contributed by atoms with Crippen LogP contribution in [0.1, 0.15) is 10.4 Å². The monoisotopic (exact) mass is 297 g/mol. The number of benzene rings is 1. The molecule has 0 spiro atoms. The molecule has 7 heteroatoms. The van der Waals surface area contributed by atoms with Crippen LogP contribution in [-0.2, 0) is 0 Å². The van der Waals surface area contributed by atoms with Gasteiger partial charge in [0.2, 0.25) is 5.95 Å². The number of carboxylic acid groups (broad SMARTS) is 1. The molecule has 0 aliphatic rings. The fraction of sp³-hybridized carbons (Fsp3) is 0.133. The fourth-order valence-electron chi connectivity index (χ4n) is 2.41. The van der Waals surface area contributed by atoms with E-state index in [2.05, 4.69) is 10.1 Å². The van der Waals surface area contributed by atoms with Crippen molar-refractivity contribution in [2.75, 3.05) is 24.7 Å². The number of fused-ring (bicyclic) bond motifs is 1. The predicted molar refractivity (Wildman–Crippen MR) is 84.1 cm³/mol. The van der Waals surface area contributed by atoms with Gasteiger partial charge in [0.1, 0.15) is 5.56 Å². The Bertz CT molecular complexity index is 869. The van der Waals surface area contributed by atoms with Crippen molar-refractivity contribution < 1.29 is 9.90 Å². The van der Waals surface area contributed by atoms with Crippen LogP contribution in [0.3, 0.4) is 0 Å². The van der Waals surface area contributed by atoms with Crippen molar-refractivity contribution in [3.05, 3.63) is 42.1 Å². The number of nitrogens with zero attached hydrogens (tertiary/aromatic N) is 4. The molecule has 7 nitrogen and oxygen atoms in total. The van der Waals surface area contributed by atoms with Crippen LogP contribution in [0.2, 0.25) is 0 Å². The molecule has 0 saturated carbocycles. The Hall–Kier alpha value is -3.09. The molecule has 0 radical (unpaired) electrons. The van der Waals surface area contributed by atoms with Gasteiger partial charge in [-0.05, 0) is 12.1 Å². The number of hydrogen-bond donors (Lipinski definition) is 2. The number of nitrogens with two attached hydrogens (primary N) is 1. The molecule has 0 aliphatic heterocycles. The SMILES string of the molecule is CN(C)c1ccccc1-c1cc(C(=O)O)c2nc(N)nn2c1. The van der Waals surface area contributed by atoms with E-state index in [9.17, 15) is 9.90 Å². The lowest BCUT2D eigenvalue weighted by Crippen LogP contribution is -2.10. The summed E-state index contributed by atoms with van der Waals surface area (Å²) in [7, 11) is 3.87. The second kappa shape index (κ2) is 5.03. The van der Waals surface area contributed by atoms with E-state index in [0.29, 0.717) is 0 Å². The molecular formula is C15H15N5O2. The Kier molecular flexibility index (Phi) is 3.17. The van der Waals surface area contributed by atoms with Gasteiger partial charge in [-0.2, -0.15) is 4.98 Å². The maximum absolute atomic E-state index is 11.5. The highest BCUT2D eigenvalue weighted by molar-refractivity contribution is 5.96. The minimum Gasteiger partial charge on any atom is -0.478 e. The van der Waals surface area contributed by atoms with Crippen LogP contribution in [0.4, 0.5) is 11.6 Å². The molecule has 3 rings (SSSR count). The quantitative estimate of drug-likeness (QED) is 0.764. The maximum Gasteiger partial charge on any atom is 0.339 e. The molecule has 0 bridgehead atoms. The zero-order chi connectivity index (χ0) is 15.9. The third kappa shape index (κ3) is 2.22. The number of hydrogen-bond acceptors (Lipinski definition) is 5. The van der Waals surface area contributed by atoms with Crippen LogP contribution >= 0.6 is 0 Å². The Labute approximate surface area is 126 Å². The van der Waals surface area contributed by atoms with Crippen LogP contribution < -0.4 is 10.6 Å². The number of aromatic nitrogens is 3. The van der Waals surface area contributed by atoms with Crippen molar-refractivity contribution in [3.8, 4) is 11.1 Å². The Balaban J connectivity index is 2.30. The summed E-state index contributed by atoms with van der Waals surface area (Å²) in [5, 5.41) is 13.4. The molecule has 0 unspecified atom stereocenters. The van der Waals surface area contributed by atoms with Crippen molar-refractivity contribution in [1.82, 2.24) is 14.6 Å². The van der Waals surface area contributed by atoms with Gasteiger partial charge < -0.3 is 15.7 Å². The molecule has 112 valence electrons. The number of aromatic carboxylic acids is 1. The molecule has 3 N–H and O–H groups in total. The zero-order valence-electron chi connectivity index (χ0n) is 12.2. The number of anilines is 2. The molecule has 3 aromatic rings. The summed E-state index contributed by atoms with van der Waals surface area (Å²) >= 11 is 0. The predicted octanol–water partition coefficient (Wildman–Crippen LogP) is 1.74. The molecule has 0 aliphatic carbocycles. The van der Waals surface area contributed by atoms with Crippen molar-refractivity contribution in [3.63, 3.8) is 0 Å². The molecule has 0 fully saturated rings. The van der Waals surface area contributed by atoms with Crippen molar-refractivity contribution in [2.45, 2.75) is 0 Å². The second-order valence-electron chi connectivity index (χ2n) is 5.10. The van der Waals surface area contributed by atoms with Gasteiger partial charge in [0.05, 0.1) is 0 Å². The summed E-state index contributed by atoms with van der Waals surface area (Å²) in [6, 6.07) is 9.33. The molecule has 2 aromatic heterocycles. The molecule has 0 saturated heterocycles. The van der Waals surface area contributed by atoms with Crippen molar-refractivity contribution in [2.24, 2.45) is 0 Å². The number of nitrogen functional groups attached to an aromatic ring is 1. The third-order valence-corrected chi connectivity index (χ3v) is 3.38. The highest BCUT2D eigenvalue weighted by Crippen LogP contribution is 2.30. The minimum absolute atomic E-state index is 0.0422. The smallest absolute Gasteiger partial charge is 0.339 e. The van der Waals surface area contributed by atoms with Crippen LogP contribution in [0.5, 0.6) is 0 Å². The number of carboxylic acids is 1. The van der Waals surface area contributed by atoms with Crippen molar-refractivity contribution in [1.29, 1.82) is 0 Å². The third-order valence-electron chi connectivity index (χ3n) is 3.38. The van der Waals surface area contributed by atoms with E-state index in [1.54, 1.807) is 12.3 Å². The van der Waals surface area contributed by atoms with Gasteiger partial charge in [-0.1, -0.05) is 18.2 Å². The lowest BCUT2D eigenvalue weighted by atomic mass is 10.0. The molecular weight excluding hydrogens is 282 g/mol. The van der Waals surface area contributed by atoms with E-state index in [1.165, 1.54) is 4.52 Å². The first kappa shape index (κ1) is 13.9. The highest BCUT2D eigenvalue weighted by atomic mass is 16.4. The van der Waals surface area contributed by atoms with E-state index in [-0.39, 0.29) is 17.2 Å². The first-order valence-electron chi connectivity index (χ1n) is 6.63. The van der Waals surface area contributed by atoms with Gasteiger partial charge in [0.15, 0.2) is 5.65 Å². The number of carbonyl (C=O) groups is 1. The van der Waals surface area contributed by atoms with Gasteiger partial charge in [-0.25, -0.2) is 9.31 Å². The molecule has 2 heterocycles. The maximum atomic E-state index is 11.5. The van der Waals surface area contributed by atoms with Crippen LogP contribution in [0, 0.1) is 0 Å². The van der Waals surface area contributed by atoms with Gasteiger partial charge in [0.25, 0.3) is 0 Å². The van der Waals surface area contributed by atoms with Gasteiger partial charge in [-0.3, -0.25) is 0 Å². The first-order chi connectivity index (χ1) is 10.5. The fourth-order valence-corrected chi connectivity index (χ4v) is 2.41. The molecule has 0 atom stereocenters. The number of para-hydroxylation sites is 1. The lowest BCUT2D eigenvalue weighted by molar-refractivity contribution is 0.0698. The van der Waals surface area contributed by atoms with Gasteiger partial charge >= 0.3 is 5.97 Å². The van der Waals surface area contributed by atoms with Crippen LogP contribution in [-0.4, -0.2) is 39.8 Å². The van der Waals surface area contributed by atoms with Crippen molar-refractivity contribution >= 4 is 23.3 Å². The summed E-state index contributed by atoms with van der Waals surface area (Å²) in [6.07, 6.45) is 1.73. The zero-order valence-corrected chi connectivity index (χ0v) is 12.2. The minimum atomic E-state index is -1.07. The lowest BCUT2D eigenvalue weighted by Gasteiger charge is -2.17. The highest BCUT2D eigenvalue weighted by Gasteiger charge is 2.16. The second-order valence-corrected chi connectivity index (χ2v) is 5.10. The first-order valence-corrected chi connectivity index (χ1v) is 6.63. The Morgan fingerprint density at radius 1 is 1.32 bits per heavy atom. The Morgan fingerprint density at radius 2 is 2.05 bits per heavy atom. The van der Waals surface area contributed by atoms with E-state index in [1.807, 2.05) is 43.3 Å². The van der Waals surface area contributed by atoms with Crippen LogP contribution in [0.25, 0.3) is 16.8 Å². The average molecular weight is 297 g/mol. The summed E-state index contributed by atoms with van der Waals surface area (Å²) in [5.41, 5.74) is 8.50. The number of pyridine rings is 1. The van der Waals surface area contributed by atoms with E-state index in [0.717, 1.165) is 16.8 Å².